The first-order valence-electron chi connectivity index (χ1n) is 7.62. The van der Waals surface area contributed by atoms with E-state index in [1.807, 2.05) is 48.5 Å². The van der Waals surface area contributed by atoms with Crippen LogP contribution in [0.4, 0.5) is 5.69 Å². The SMILES string of the molecule is Clc1ccc(C2=NN(c3ccc(Cl)cc3)[C@H](c3cccs3)C2)cc1. The predicted octanol–water partition coefficient (Wildman–Crippen LogP) is 6.41. The number of hydrogen-bond donors (Lipinski definition) is 0. The van der Waals surface area contributed by atoms with Crippen molar-refractivity contribution in [2.45, 2.75) is 12.5 Å². The number of halogens is 2. The number of hydrogen-bond acceptors (Lipinski definition) is 3. The average Bonchev–Trinajstić information content (AvgIpc) is 3.25. The first-order valence-corrected chi connectivity index (χ1v) is 9.26. The lowest BCUT2D eigenvalue weighted by Gasteiger charge is -2.22. The normalized spacial score (nSPS) is 17.2. The minimum atomic E-state index is 0.205. The molecule has 0 unspecified atom stereocenters. The van der Waals surface area contributed by atoms with Gasteiger partial charge in [-0.05, 0) is 53.4 Å². The summed E-state index contributed by atoms with van der Waals surface area (Å²) < 4.78 is 0. The minimum absolute atomic E-state index is 0.205. The molecule has 2 nitrogen and oxygen atoms in total. The molecule has 0 radical (unpaired) electrons. The Morgan fingerprint density at radius 3 is 2.21 bits per heavy atom. The van der Waals surface area contributed by atoms with Crippen molar-refractivity contribution in [3.05, 3.63) is 86.5 Å². The van der Waals surface area contributed by atoms with E-state index in [-0.39, 0.29) is 6.04 Å². The molecular formula is C19H14Cl2N2S. The van der Waals surface area contributed by atoms with Crippen molar-refractivity contribution in [1.29, 1.82) is 0 Å². The van der Waals surface area contributed by atoms with Crippen molar-refractivity contribution in [3.8, 4) is 0 Å². The Bertz CT molecular complexity index is 855. The van der Waals surface area contributed by atoms with Crippen LogP contribution < -0.4 is 5.01 Å². The van der Waals surface area contributed by atoms with Crippen LogP contribution >= 0.6 is 34.5 Å². The Morgan fingerprint density at radius 1 is 0.917 bits per heavy atom. The first-order chi connectivity index (χ1) is 11.7. The fourth-order valence-corrected chi connectivity index (χ4v) is 3.93. The zero-order valence-corrected chi connectivity index (χ0v) is 15.0. The van der Waals surface area contributed by atoms with Gasteiger partial charge in [0.2, 0.25) is 0 Å². The molecule has 1 atom stereocenters. The van der Waals surface area contributed by atoms with E-state index < -0.39 is 0 Å². The summed E-state index contributed by atoms with van der Waals surface area (Å²) in [4.78, 5) is 1.30. The summed E-state index contributed by atoms with van der Waals surface area (Å²) in [6, 6.07) is 20.1. The van der Waals surface area contributed by atoms with E-state index in [2.05, 4.69) is 22.5 Å². The van der Waals surface area contributed by atoms with Crippen LogP contribution in [0, 0.1) is 0 Å². The third-order valence-electron chi connectivity index (χ3n) is 4.05. The largest absolute Gasteiger partial charge is 0.257 e. The van der Waals surface area contributed by atoms with Gasteiger partial charge in [0.15, 0.2) is 0 Å². The second kappa shape index (κ2) is 6.60. The molecule has 1 aromatic heterocycles. The van der Waals surface area contributed by atoms with Crippen LogP contribution in [-0.4, -0.2) is 5.71 Å². The van der Waals surface area contributed by atoms with Gasteiger partial charge < -0.3 is 0 Å². The fourth-order valence-electron chi connectivity index (χ4n) is 2.86. The highest BCUT2D eigenvalue weighted by Gasteiger charge is 2.30. The van der Waals surface area contributed by atoms with Gasteiger partial charge in [-0.25, -0.2) is 0 Å². The topological polar surface area (TPSA) is 15.6 Å². The van der Waals surface area contributed by atoms with Crippen LogP contribution in [-0.2, 0) is 0 Å². The summed E-state index contributed by atoms with van der Waals surface area (Å²) in [6.45, 7) is 0. The Balaban J connectivity index is 1.73. The molecule has 0 N–H and O–H groups in total. The second-order valence-electron chi connectivity index (χ2n) is 5.61. The Morgan fingerprint density at radius 2 is 1.58 bits per heavy atom. The Kier molecular flexibility index (Phi) is 4.31. The van der Waals surface area contributed by atoms with Gasteiger partial charge in [-0.2, -0.15) is 5.10 Å². The number of anilines is 1. The molecule has 1 aliphatic heterocycles. The van der Waals surface area contributed by atoms with Gasteiger partial charge in [-0.15, -0.1) is 11.3 Å². The van der Waals surface area contributed by atoms with Gasteiger partial charge in [-0.3, -0.25) is 5.01 Å². The summed E-state index contributed by atoms with van der Waals surface area (Å²) in [5.41, 5.74) is 3.22. The molecule has 0 saturated heterocycles. The Hall–Kier alpha value is -1.81. The maximum absolute atomic E-state index is 6.03. The molecule has 0 saturated carbocycles. The summed E-state index contributed by atoms with van der Waals surface area (Å²) in [5, 5.41) is 10.6. The van der Waals surface area contributed by atoms with Crippen LogP contribution in [0.5, 0.6) is 0 Å². The molecule has 3 aromatic rings. The third kappa shape index (κ3) is 3.07. The van der Waals surface area contributed by atoms with Crippen LogP contribution in [0.1, 0.15) is 22.9 Å². The maximum Gasteiger partial charge on any atom is 0.0923 e. The monoisotopic (exact) mass is 372 g/mol. The van der Waals surface area contributed by atoms with E-state index in [9.17, 15) is 0 Å². The highest BCUT2D eigenvalue weighted by molar-refractivity contribution is 7.10. The number of hydrazone groups is 1. The zero-order chi connectivity index (χ0) is 16.5. The van der Waals surface area contributed by atoms with E-state index in [4.69, 9.17) is 28.3 Å². The lowest BCUT2D eigenvalue weighted by atomic mass is 10.0. The molecule has 5 heteroatoms. The van der Waals surface area contributed by atoms with Gasteiger partial charge in [0.05, 0.1) is 17.4 Å². The molecule has 0 aliphatic carbocycles. The smallest absolute Gasteiger partial charge is 0.0923 e. The quantitative estimate of drug-likeness (QED) is 0.518. The molecular weight excluding hydrogens is 359 g/mol. The standard InChI is InChI=1S/C19H14Cl2N2S/c20-14-5-3-13(4-6-14)17-12-18(19-2-1-11-24-19)23(22-17)16-9-7-15(21)8-10-16/h1-11,18H,12H2/t18-/m0/s1. The molecule has 4 rings (SSSR count). The molecule has 0 fully saturated rings. The molecule has 120 valence electrons. The minimum Gasteiger partial charge on any atom is -0.257 e. The molecule has 1 aliphatic rings. The first kappa shape index (κ1) is 15.7. The van der Waals surface area contributed by atoms with Crippen LogP contribution in [0.15, 0.2) is 71.1 Å². The summed E-state index contributed by atoms with van der Waals surface area (Å²) >= 11 is 13.8. The van der Waals surface area contributed by atoms with E-state index in [0.717, 1.165) is 33.4 Å². The van der Waals surface area contributed by atoms with Gasteiger partial charge in [0, 0.05) is 21.3 Å². The lowest BCUT2D eigenvalue weighted by molar-refractivity contribution is 0.722. The molecule has 0 spiro atoms. The van der Waals surface area contributed by atoms with Crippen molar-refractivity contribution < 1.29 is 0 Å². The van der Waals surface area contributed by atoms with E-state index >= 15 is 0 Å². The van der Waals surface area contributed by atoms with Crippen LogP contribution in [0.25, 0.3) is 0 Å². The highest BCUT2D eigenvalue weighted by atomic mass is 35.5. The molecule has 2 heterocycles. The number of nitrogens with zero attached hydrogens (tertiary/aromatic N) is 2. The van der Waals surface area contributed by atoms with Crippen LogP contribution in [0.2, 0.25) is 10.0 Å². The van der Waals surface area contributed by atoms with E-state index in [1.165, 1.54) is 4.88 Å². The van der Waals surface area contributed by atoms with Gasteiger partial charge in [0.1, 0.15) is 0 Å². The number of thiophene rings is 1. The maximum atomic E-state index is 6.03. The fraction of sp³-hybridized carbons (Fsp3) is 0.105. The van der Waals surface area contributed by atoms with Crippen LogP contribution in [0.3, 0.4) is 0 Å². The number of benzene rings is 2. The highest BCUT2D eigenvalue weighted by Crippen LogP contribution is 2.38. The van der Waals surface area contributed by atoms with E-state index in [1.54, 1.807) is 11.3 Å². The predicted molar refractivity (Wildman–Crippen MR) is 104 cm³/mol. The van der Waals surface area contributed by atoms with Crippen molar-refractivity contribution in [3.63, 3.8) is 0 Å². The van der Waals surface area contributed by atoms with Gasteiger partial charge in [-0.1, -0.05) is 41.4 Å². The second-order valence-corrected chi connectivity index (χ2v) is 7.46. The summed E-state index contributed by atoms with van der Waals surface area (Å²) in [5.74, 6) is 0. The molecule has 0 bridgehead atoms. The van der Waals surface area contributed by atoms with Gasteiger partial charge >= 0.3 is 0 Å². The van der Waals surface area contributed by atoms with E-state index in [0.29, 0.717) is 0 Å². The van der Waals surface area contributed by atoms with Crippen molar-refractivity contribution in [2.75, 3.05) is 5.01 Å². The summed E-state index contributed by atoms with van der Waals surface area (Å²) in [6.07, 6.45) is 0.866. The Labute approximate surface area is 155 Å². The van der Waals surface area contributed by atoms with Gasteiger partial charge in [0.25, 0.3) is 0 Å². The zero-order valence-electron chi connectivity index (χ0n) is 12.7. The number of rotatable bonds is 3. The molecule has 2 aromatic carbocycles. The molecule has 24 heavy (non-hydrogen) atoms. The van der Waals surface area contributed by atoms with Crippen molar-refractivity contribution >= 4 is 45.9 Å². The average molecular weight is 373 g/mol. The third-order valence-corrected chi connectivity index (χ3v) is 5.53. The lowest BCUT2D eigenvalue weighted by Crippen LogP contribution is -2.17. The summed E-state index contributed by atoms with van der Waals surface area (Å²) in [7, 11) is 0. The molecule has 0 amide bonds. The van der Waals surface area contributed by atoms with Crippen molar-refractivity contribution in [1.82, 2.24) is 0 Å². The van der Waals surface area contributed by atoms with Crippen molar-refractivity contribution in [2.24, 2.45) is 5.10 Å².